The van der Waals surface area contributed by atoms with Crippen LogP contribution in [0.3, 0.4) is 0 Å². The number of methoxy groups -OCH3 is 2. The predicted molar refractivity (Wildman–Crippen MR) is 122 cm³/mol. The molecule has 0 radical (unpaired) electrons. The molecule has 8 heteroatoms. The van der Waals surface area contributed by atoms with E-state index < -0.39 is 5.91 Å². The summed E-state index contributed by atoms with van der Waals surface area (Å²) in [6, 6.07) is 11.8. The number of carbonyl (C=O) groups excluding carboxylic acids is 2. The summed E-state index contributed by atoms with van der Waals surface area (Å²) < 4.78 is 10.7. The second kappa shape index (κ2) is 9.22. The molecule has 1 N–H and O–H groups in total. The average Bonchev–Trinajstić information content (AvgIpc) is 3.09. The summed E-state index contributed by atoms with van der Waals surface area (Å²) in [5.41, 5.74) is 1.67. The number of hydrogen-bond acceptors (Lipinski definition) is 6. The van der Waals surface area contributed by atoms with E-state index in [9.17, 15) is 14.7 Å². The number of aliphatic hydroxyl groups is 1. The largest absolute Gasteiger partial charge is 0.493 e. The van der Waals surface area contributed by atoms with Crippen molar-refractivity contribution in [3.05, 3.63) is 58.7 Å². The number of rotatable bonds is 6. The number of benzene rings is 2. The van der Waals surface area contributed by atoms with Gasteiger partial charge in [-0.2, -0.15) is 0 Å². The van der Waals surface area contributed by atoms with Gasteiger partial charge in [-0.1, -0.05) is 17.7 Å². The Labute approximate surface area is 191 Å². The number of nitrogens with zero attached hydrogens (tertiary/aromatic N) is 2. The first-order chi connectivity index (χ1) is 15.5. The molecule has 0 aromatic heterocycles. The lowest BCUT2D eigenvalue weighted by molar-refractivity contribution is -0.120. The van der Waals surface area contributed by atoms with Gasteiger partial charge in [0.15, 0.2) is 11.5 Å². The Bertz CT molecular complexity index is 1070. The predicted octanol–water partition coefficient (Wildman–Crippen LogP) is 3.35. The van der Waals surface area contributed by atoms with Gasteiger partial charge < -0.3 is 19.5 Å². The van der Waals surface area contributed by atoms with E-state index in [2.05, 4.69) is 0 Å². The van der Waals surface area contributed by atoms with E-state index in [4.69, 9.17) is 21.1 Å². The van der Waals surface area contributed by atoms with Crippen LogP contribution in [0.2, 0.25) is 5.02 Å². The fraction of sp³-hybridized carbons (Fsp3) is 0.333. The first-order valence-corrected chi connectivity index (χ1v) is 10.8. The van der Waals surface area contributed by atoms with Gasteiger partial charge in [0.05, 0.1) is 25.5 Å². The van der Waals surface area contributed by atoms with Crippen LogP contribution in [-0.2, 0) is 9.59 Å². The van der Waals surface area contributed by atoms with Gasteiger partial charge in [-0.3, -0.25) is 9.59 Å². The van der Waals surface area contributed by atoms with E-state index in [0.717, 1.165) is 12.8 Å². The molecular weight excluding hydrogens is 432 g/mol. The van der Waals surface area contributed by atoms with Gasteiger partial charge in [0, 0.05) is 24.7 Å². The molecule has 0 spiro atoms. The van der Waals surface area contributed by atoms with Crippen LogP contribution in [0.15, 0.2) is 48.2 Å². The Balaban J connectivity index is 1.84. The summed E-state index contributed by atoms with van der Waals surface area (Å²) in [4.78, 5) is 30.3. The fourth-order valence-corrected chi connectivity index (χ4v) is 4.43. The van der Waals surface area contributed by atoms with Crippen LogP contribution >= 0.6 is 11.6 Å². The van der Waals surface area contributed by atoms with Crippen LogP contribution in [0.4, 0.5) is 5.69 Å². The van der Waals surface area contributed by atoms with Crippen LogP contribution in [0.5, 0.6) is 11.5 Å². The minimum atomic E-state index is -0.411. The second-order valence-corrected chi connectivity index (χ2v) is 8.29. The summed E-state index contributed by atoms with van der Waals surface area (Å²) in [5, 5.41) is 10.2. The first kappa shape index (κ1) is 22.2. The smallest absolute Gasteiger partial charge is 0.282 e. The van der Waals surface area contributed by atoms with Crippen LogP contribution in [-0.4, -0.2) is 55.7 Å². The highest BCUT2D eigenvalue weighted by Crippen LogP contribution is 2.39. The minimum Gasteiger partial charge on any atom is -0.493 e. The van der Waals surface area contributed by atoms with Crippen molar-refractivity contribution < 1.29 is 24.2 Å². The van der Waals surface area contributed by atoms with Crippen molar-refractivity contribution in [3.8, 4) is 11.5 Å². The van der Waals surface area contributed by atoms with Crippen LogP contribution in [0.25, 0.3) is 5.57 Å². The molecule has 2 amide bonds. The quantitative estimate of drug-likeness (QED) is 0.671. The molecule has 1 fully saturated rings. The molecule has 32 heavy (non-hydrogen) atoms. The maximum atomic E-state index is 13.6. The van der Waals surface area contributed by atoms with Gasteiger partial charge in [0.2, 0.25) is 0 Å². The molecule has 0 bridgehead atoms. The van der Waals surface area contributed by atoms with Crippen molar-refractivity contribution in [1.29, 1.82) is 0 Å². The third kappa shape index (κ3) is 3.94. The SMILES string of the molecule is COc1ccc(C2=C(N3CCCC(CO)C3)C(=O)N(c3ccc(Cl)cc3)C2=O)cc1OC. The van der Waals surface area contributed by atoms with Crippen molar-refractivity contribution in [3.63, 3.8) is 0 Å². The molecule has 1 unspecified atom stereocenters. The average molecular weight is 457 g/mol. The summed E-state index contributed by atoms with van der Waals surface area (Å²) >= 11 is 6.00. The number of carbonyl (C=O) groups is 2. The van der Waals surface area contributed by atoms with Crippen molar-refractivity contribution in [2.45, 2.75) is 12.8 Å². The highest BCUT2D eigenvalue weighted by atomic mass is 35.5. The molecule has 0 aliphatic carbocycles. The molecule has 7 nitrogen and oxygen atoms in total. The maximum absolute atomic E-state index is 13.6. The number of imide groups is 1. The van der Waals surface area contributed by atoms with E-state index in [1.54, 1.807) is 42.5 Å². The third-order valence-corrected chi connectivity index (χ3v) is 6.16. The minimum absolute atomic E-state index is 0.0402. The lowest BCUT2D eigenvalue weighted by atomic mass is 9.96. The summed E-state index contributed by atoms with van der Waals surface area (Å²) in [6.45, 7) is 1.19. The van der Waals surface area contributed by atoms with Crippen molar-refractivity contribution in [2.24, 2.45) is 5.92 Å². The zero-order chi connectivity index (χ0) is 22.8. The standard InChI is InChI=1S/C24H25ClN2O5/c1-31-19-10-5-16(12-20(19)32-2)21-22(26-11-3-4-15(13-26)14-28)24(30)27(23(21)29)18-8-6-17(25)7-9-18/h5-10,12,15,28H,3-4,11,13-14H2,1-2H3. The normalized spacial score (nSPS) is 19.1. The number of piperidine rings is 1. The monoisotopic (exact) mass is 456 g/mol. The number of anilines is 1. The Hall–Kier alpha value is -3.03. The number of hydrogen-bond donors (Lipinski definition) is 1. The van der Waals surface area contributed by atoms with Crippen molar-refractivity contribution in [2.75, 3.05) is 38.8 Å². The van der Waals surface area contributed by atoms with Crippen LogP contribution in [0, 0.1) is 5.92 Å². The summed E-state index contributed by atoms with van der Waals surface area (Å²) in [5.74, 6) is 0.249. The Kier molecular flexibility index (Phi) is 6.39. The Morgan fingerprint density at radius 3 is 2.41 bits per heavy atom. The van der Waals surface area contributed by atoms with Gasteiger partial charge in [-0.15, -0.1) is 0 Å². The lowest BCUT2D eigenvalue weighted by Gasteiger charge is -2.34. The highest BCUT2D eigenvalue weighted by Gasteiger charge is 2.43. The van der Waals surface area contributed by atoms with Gasteiger partial charge in [-0.05, 0) is 60.7 Å². The third-order valence-electron chi connectivity index (χ3n) is 5.91. The molecule has 2 heterocycles. The molecule has 2 aromatic carbocycles. The summed E-state index contributed by atoms with van der Waals surface area (Å²) in [7, 11) is 3.06. The number of likely N-dealkylation sites (tertiary alicyclic amines) is 1. The first-order valence-electron chi connectivity index (χ1n) is 10.4. The maximum Gasteiger partial charge on any atom is 0.282 e. The van der Waals surface area contributed by atoms with Crippen molar-refractivity contribution in [1.82, 2.24) is 4.90 Å². The van der Waals surface area contributed by atoms with E-state index >= 15 is 0 Å². The Morgan fingerprint density at radius 2 is 1.75 bits per heavy atom. The molecule has 1 saturated heterocycles. The number of amides is 2. The van der Waals surface area contributed by atoms with Gasteiger partial charge in [-0.25, -0.2) is 4.90 Å². The molecule has 2 aromatic rings. The topological polar surface area (TPSA) is 79.3 Å². The zero-order valence-corrected chi connectivity index (χ0v) is 18.8. The molecule has 2 aliphatic heterocycles. The van der Waals surface area contributed by atoms with Crippen LogP contribution in [0.1, 0.15) is 18.4 Å². The second-order valence-electron chi connectivity index (χ2n) is 7.85. The molecule has 4 rings (SSSR count). The van der Waals surface area contributed by atoms with Crippen molar-refractivity contribution >= 4 is 34.7 Å². The lowest BCUT2D eigenvalue weighted by Crippen LogP contribution is -2.40. The van der Waals surface area contributed by atoms with E-state index in [1.165, 1.54) is 19.1 Å². The number of halogens is 1. The fourth-order valence-electron chi connectivity index (χ4n) is 4.31. The van der Waals surface area contributed by atoms with E-state index in [1.807, 2.05) is 4.90 Å². The molecular formula is C24H25ClN2O5. The van der Waals surface area contributed by atoms with Gasteiger partial charge in [0.25, 0.3) is 11.8 Å². The Morgan fingerprint density at radius 1 is 1.03 bits per heavy atom. The van der Waals surface area contributed by atoms with E-state index in [0.29, 0.717) is 52.1 Å². The highest BCUT2D eigenvalue weighted by molar-refractivity contribution is 6.45. The molecule has 2 aliphatic rings. The van der Waals surface area contributed by atoms with Gasteiger partial charge >= 0.3 is 0 Å². The molecule has 0 saturated carbocycles. The number of ether oxygens (including phenoxy) is 2. The molecule has 1 atom stereocenters. The molecule has 168 valence electrons. The van der Waals surface area contributed by atoms with E-state index in [-0.39, 0.29) is 18.4 Å². The zero-order valence-electron chi connectivity index (χ0n) is 18.0. The van der Waals surface area contributed by atoms with Crippen LogP contribution < -0.4 is 14.4 Å². The number of aliphatic hydroxyl groups excluding tert-OH is 1. The summed E-state index contributed by atoms with van der Waals surface area (Å²) in [6.07, 6.45) is 1.71. The van der Waals surface area contributed by atoms with Gasteiger partial charge in [0.1, 0.15) is 5.70 Å².